The fraction of sp³-hybridized carbons (Fsp3) is 0.231. The quantitative estimate of drug-likeness (QED) is 0.916. The van der Waals surface area contributed by atoms with E-state index in [0.717, 1.165) is 11.1 Å². The summed E-state index contributed by atoms with van der Waals surface area (Å²) in [4.78, 5) is 10.7. The zero-order chi connectivity index (χ0) is 13.3. The van der Waals surface area contributed by atoms with Gasteiger partial charge in [-0.05, 0) is 29.7 Å². The van der Waals surface area contributed by atoms with Crippen molar-refractivity contribution in [3.8, 4) is 11.3 Å². The molecule has 0 saturated carbocycles. The molecule has 2 aromatic rings. The first-order valence-electron chi connectivity index (χ1n) is 5.48. The van der Waals surface area contributed by atoms with Gasteiger partial charge in [0.25, 0.3) is 0 Å². The highest BCUT2D eigenvalue weighted by molar-refractivity contribution is 6.30. The Bertz CT molecular complexity index is 590. The van der Waals surface area contributed by atoms with Crippen LogP contribution in [0.2, 0.25) is 5.02 Å². The number of halogens is 1. The van der Waals surface area contributed by atoms with Crippen molar-refractivity contribution in [2.24, 2.45) is 0 Å². The third-order valence-corrected chi connectivity index (χ3v) is 2.82. The molecule has 0 bridgehead atoms. The lowest BCUT2D eigenvalue weighted by Crippen LogP contribution is -1.94. The van der Waals surface area contributed by atoms with Crippen LogP contribution in [0.3, 0.4) is 0 Å². The number of carboxylic acids is 1. The Morgan fingerprint density at radius 1 is 1.33 bits per heavy atom. The van der Waals surface area contributed by atoms with Gasteiger partial charge in [-0.15, -0.1) is 0 Å². The van der Waals surface area contributed by atoms with Gasteiger partial charge in [-0.2, -0.15) is 0 Å². The predicted molar refractivity (Wildman–Crippen MR) is 68.0 cm³/mol. The van der Waals surface area contributed by atoms with Gasteiger partial charge >= 0.3 is 5.97 Å². The first-order valence-corrected chi connectivity index (χ1v) is 5.86. The third kappa shape index (κ3) is 2.54. The Labute approximate surface area is 109 Å². The minimum absolute atomic E-state index is 0.115. The Morgan fingerprint density at radius 3 is 2.61 bits per heavy atom. The van der Waals surface area contributed by atoms with Crippen molar-refractivity contribution in [1.82, 2.24) is 5.16 Å². The number of aromatic nitrogens is 1. The molecule has 0 aliphatic carbocycles. The van der Waals surface area contributed by atoms with Crippen LogP contribution in [0.15, 0.2) is 28.8 Å². The smallest absolute Gasteiger partial charge is 0.358 e. The van der Waals surface area contributed by atoms with Gasteiger partial charge < -0.3 is 9.63 Å². The molecule has 1 heterocycles. The number of hydrogen-bond donors (Lipinski definition) is 1. The first kappa shape index (κ1) is 12.6. The van der Waals surface area contributed by atoms with E-state index in [2.05, 4.69) is 19.0 Å². The number of hydrogen-bond acceptors (Lipinski definition) is 3. The van der Waals surface area contributed by atoms with Gasteiger partial charge in [-0.25, -0.2) is 4.79 Å². The van der Waals surface area contributed by atoms with Crippen molar-refractivity contribution in [3.05, 3.63) is 40.5 Å². The Hall–Kier alpha value is -1.81. The van der Waals surface area contributed by atoms with Crippen molar-refractivity contribution < 1.29 is 14.4 Å². The molecule has 1 N–H and O–H groups in total. The summed E-state index contributed by atoms with van der Waals surface area (Å²) in [7, 11) is 0. The number of carbonyl (C=O) groups is 1. The predicted octanol–water partition coefficient (Wildman–Crippen LogP) is 3.82. The number of nitrogens with zero attached hydrogens (tertiary/aromatic N) is 1. The second-order valence-corrected chi connectivity index (χ2v) is 4.75. The molecule has 2 rings (SSSR count). The lowest BCUT2D eigenvalue weighted by atomic mass is 10.00. The summed E-state index contributed by atoms with van der Waals surface area (Å²) in [6.45, 7) is 4.11. The van der Waals surface area contributed by atoms with E-state index in [9.17, 15) is 4.79 Å². The molecule has 5 heteroatoms. The number of rotatable bonds is 3. The van der Waals surface area contributed by atoms with Crippen molar-refractivity contribution in [3.63, 3.8) is 0 Å². The third-order valence-electron chi connectivity index (χ3n) is 2.60. The van der Waals surface area contributed by atoms with E-state index in [4.69, 9.17) is 21.2 Å². The second-order valence-electron chi connectivity index (χ2n) is 4.31. The molecule has 94 valence electrons. The molecule has 0 radical (unpaired) electrons. The van der Waals surface area contributed by atoms with Gasteiger partial charge in [0, 0.05) is 16.7 Å². The molecule has 1 aromatic heterocycles. The van der Waals surface area contributed by atoms with E-state index in [-0.39, 0.29) is 5.69 Å². The van der Waals surface area contributed by atoms with Crippen LogP contribution in [0.25, 0.3) is 11.3 Å². The second kappa shape index (κ2) is 4.82. The number of aromatic carboxylic acids is 1. The summed E-state index contributed by atoms with van der Waals surface area (Å²) in [5.74, 6) is -0.391. The molecule has 0 aliphatic heterocycles. The molecular formula is C13H12ClNO3. The van der Waals surface area contributed by atoms with Gasteiger partial charge in [-0.1, -0.05) is 30.6 Å². The van der Waals surface area contributed by atoms with Gasteiger partial charge in [0.05, 0.1) is 0 Å². The van der Waals surface area contributed by atoms with Crippen LogP contribution in [-0.2, 0) is 0 Å². The van der Waals surface area contributed by atoms with Crippen LogP contribution in [0.5, 0.6) is 0 Å². The summed E-state index contributed by atoms with van der Waals surface area (Å²) in [6, 6.07) is 6.91. The zero-order valence-corrected chi connectivity index (χ0v) is 10.7. The minimum Gasteiger partial charge on any atom is -0.476 e. The lowest BCUT2D eigenvalue weighted by Gasteiger charge is -2.07. The number of benzene rings is 1. The standard InChI is InChI=1S/C13H12ClNO3/c1-7(2)8-3-9(5-10(14)4-8)12-6-11(13(16)17)15-18-12/h3-7H,1-2H3,(H,16,17). The lowest BCUT2D eigenvalue weighted by molar-refractivity contribution is 0.0686. The van der Waals surface area contributed by atoms with E-state index in [0.29, 0.717) is 16.7 Å². The fourth-order valence-electron chi connectivity index (χ4n) is 1.60. The fourth-order valence-corrected chi connectivity index (χ4v) is 1.84. The van der Waals surface area contributed by atoms with Crippen LogP contribution in [0.1, 0.15) is 35.8 Å². The summed E-state index contributed by atoms with van der Waals surface area (Å²) in [6.07, 6.45) is 0. The molecular weight excluding hydrogens is 254 g/mol. The minimum atomic E-state index is -1.11. The van der Waals surface area contributed by atoms with Crippen molar-refractivity contribution >= 4 is 17.6 Å². The van der Waals surface area contributed by atoms with E-state index < -0.39 is 5.97 Å². The highest BCUT2D eigenvalue weighted by Crippen LogP contribution is 2.28. The highest BCUT2D eigenvalue weighted by Gasteiger charge is 2.13. The number of carboxylic acid groups (broad SMARTS) is 1. The Morgan fingerprint density at radius 2 is 2.06 bits per heavy atom. The molecule has 4 nitrogen and oxygen atoms in total. The monoisotopic (exact) mass is 265 g/mol. The average Bonchev–Trinajstić information content (AvgIpc) is 2.77. The van der Waals surface area contributed by atoms with Crippen LogP contribution in [0.4, 0.5) is 0 Å². The first-order chi connectivity index (χ1) is 8.47. The maximum atomic E-state index is 10.7. The molecule has 18 heavy (non-hydrogen) atoms. The topological polar surface area (TPSA) is 63.3 Å². The normalized spacial score (nSPS) is 10.9. The summed E-state index contributed by atoms with van der Waals surface area (Å²) in [5.41, 5.74) is 1.67. The van der Waals surface area contributed by atoms with Gasteiger partial charge in [0.2, 0.25) is 0 Å². The van der Waals surface area contributed by atoms with E-state index >= 15 is 0 Å². The van der Waals surface area contributed by atoms with Crippen LogP contribution < -0.4 is 0 Å². The Balaban J connectivity index is 2.46. The summed E-state index contributed by atoms with van der Waals surface area (Å²) < 4.78 is 5.01. The van der Waals surface area contributed by atoms with E-state index in [1.165, 1.54) is 6.07 Å². The highest BCUT2D eigenvalue weighted by atomic mass is 35.5. The van der Waals surface area contributed by atoms with Crippen LogP contribution >= 0.6 is 11.6 Å². The summed E-state index contributed by atoms with van der Waals surface area (Å²) in [5, 5.41) is 12.9. The van der Waals surface area contributed by atoms with E-state index in [1.54, 1.807) is 6.07 Å². The molecule has 0 fully saturated rings. The molecule has 1 aromatic carbocycles. The average molecular weight is 266 g/mol. The van der Waals surface area contributed by atoms with Gasteiger partial charge in [0.1, 0.15) is 0 Å². The molecule has 0 atom stereocenters. The van der Waals surface area contributed by atoms with Crippen molar-refractivity contribution in [2.45, 2.75) is 19.8 Å². The largest absolute Gasteiger partial charge is 0.476 e. The van der Waals surface area contributed by atoms with E-state index in [1.807, 2.05) is 12.1 Å². The molecule has 0 spiro atoms. The molecule has 0 amide bonds. The SMILES string of the molecule is CC(C)c1cc(Cl)cc(-c2cc(C(=O)O)no2)c1. The van der Waals surface area contributed by atoms with Crippen molar-refractivity contribution in [1.29, 1.82) is 0 Å². The Kier molecular flexibility index (Phi) is 3.39. The van der Waals surface area contributed by atoms with Crippen LogP contribution in [-0.4, -0.2) is 16.2 Å². The molecule has 0 saturated heterocycles. The molecule has 0 unspecified atom stereocenters. The van der Waals surface area contributed by atoms with Gasteiger partial charge in [0.15, 0.2) is 11.5 Å². The molecule has 0 aliphatic rings. The maximum absolute atomic E-state index is 10.7. The van der Waals surface area contributed by atoms with Gasteiger partial charge in [-0.3, -0.25) is 0 Å². The maximum Gasteiger partial charge on any atom is 0.358 e. The summed E-state index contributed by atoms with van der Waals surface area (Å²) >= 11 is 6.03. The van der Waals surface area contributed by atoms with Crippen LogP contribution in [0, 0.1) is 0 Å². The van der Waals surface area contributed by atoms with Crippen molar-refractivity contribution in [2.75, 3.05) is 0 Å². The zero-order valence-electron chi connectivity index (χ0n) is 9.98.